The first-order chi connectivity index (χ1) is 15.4. The Morgan fingerprint density at radius 2 is 1.59 bits per heavy atom. The molecule has 0 bridgehead atoms. The minimum atomic E-state index is -0.235. The number of carbonyl (C=O) groups is 1. The van der Waals surface area contributed by atoms with Gasteiger partial charge in [-0.1, -0.05) is 60.7 Å². The van der Waals surface area contributed by atoms with Gasteiger partial charge in [-0.05, 0) is 68.2 Å². The number of anilines is 1. The molecule has 0 spiro atoms. The SMILES string of the molecule is Cc1ccc(N2CC(N(C)C)C2)cc1C(=O)NC1(c2ccc(-c3ccccc3)cc2)CC1. The van der Waals surface area contributed by atoms with E-state index in [9.17, 15) is 4.79 Å². The maximum atomic E-state index is 13.3. The lowest BCUT2D eigenvalue weighted by molar-refractivity contribution is 0.0930. The molecule has 1 saturated heterocycles. The minimum Gasteiger partial charge on any atom is -0.368 e. The number of hydrogen-bond acceptors (Lipinski definition) is 3. The molecule has 5 rings (SSSR count). The van der Waals surface area contributed by atoms with Crippen molar-refractivity contribution in [1.82, 2.24) is 10.2 Å². The molecule has 3 aromatic rings. The summed E-state index contributed by atoms with van der Waals surface area (Å²) < 4.78 is 0. The normalized spacial score (nSPS) is 17.2. The first kappa shape index (κ1) is 20.8. The van der Waals surface area contributed by atoms with E-state index in [2.05, 4.69) is 95.9 Å². The Morgan fingerprint density at radius 1 is 0.938 bits per heavy atom. The largest absolute Gasteiger partial charge is 0.368 e. The third-order valence-electron chi connectivity index (χ3n) is 7.07. The summed E-state index contributed by atoms with van der Waals surface area (Å²) >= 11 is 0. The molecule has 0 unspecified atom stereocenters. The molecule has 1 heterocycles. The predicted octanol–water partition coefficient (Wildman–Crippen LogP) is 4.83. The van der Waals surface area contributed by atoms with Gasteiger partial charge in [0, 0.05) is 30.4 Å². The molecule has 32 heavy (non-hydrogen) atoms. The number of nitrogens with one attached hydrogen (secondary N) is 1. The van der Waals surface area contributed by atoms with Crippen LogP contribution in [0, 0.1) is 6.92 Å². The molecule has 2 fully saturated rings. The number of hydrogen-bond donors (Lipinski definition) is 1. The average Bonchev–Trinajstić information content (AvgIpc) is 3.55. The summed E-state index contributed by atoms with van der Waals surface area (Å²) in [6.07, 6.45) is 1.97. The van der Waals surface area contributed by atoms with Crippen molar-refractivity contribution >= 4 is 11.6 Å². The van der Waals surface area contributed by atoms with Crippen LogP contribution in [-0.2, 0) is 5.54 Å². The lowest BCUT2D eigenvalue weighted by atomic mass is 9.98. The molecule has 164 valence electrons. The standard InChI is InChI=1S/C28H31N3O/c1-20-9-14-24(31-18-25(19-31)30(2)3)17-26(20)27(32)29-28(15-16-28)23-12-10-22(11-13-23)21-7-5-4-6-8-21/h4-14,17,25H,15-16,18-19H2,1-3H3,(H,29,32). The van der Waals surface area contributed by atoms with Gasteiger partial charge in [-0.3, -0.25) is 4.79 Å². The summed E-state index contributed by atoms with van der Waals surface area (Å²) in [6.45, 7) is 4.04. The summed E-state index contributed by atoms with van der Waals surface area (Å²) in [7, 11) is 4.25. The van der Waals surface area contributed by atoms with Gasteiger partial charge in [0.2, 0.25) is 0 Å². The van der Waals surface area contributed by atoms with Crippen LogP contribution in [0.2, 0.25) is 0 Å². The van der Waals surface area contributed by atoms with Crippen LogP contribution in [-0.4, -0.2) is 44.0 Å². The van der Waals surface area contributed by atoms with E-state index < -0.39 is 0 Å². The van der Waals surface area contributed by atoms with Crippen molar-refractivity contribution in [2.24, 2.45) is 0 Å². The van der Waals surface area contributed by atoms with Gasteiger partial charge >= 0.3 is 0 Å². The first-order valence-corrected chi connectivity index (χ1v) is 11.5. The smallest absolute Gasteiger partial charge is 0.252 e. The van der Waals surface area contributed by atoms with Crippen LogP contribution in [0.1, 0.15) is 34.3 Å². The average molecular weight is 426 g/mol. The summed E-state index contributed by atoms with van der Waals surface area (Å²) in [5, 5.41) is 3.36. The van der Waals surface area contributed by atoms with Crippen LogP contribution in [0.15, 0.2) is 72.8 Å². The van der Waals surface area contributed by atoms with Gasteiger partial charge in [-0.25, -0.2) is 0 Å². The zero-order valence-corrected chi connectivity index (χ0v) is 19.1. The summed E-state index contributed by atoms with van der Waals surface area (Å²) in [6, 6.07) is 25.9. The van der Waals surface area contributed by atoms with Gasteiger partial charge in [0.15, 0.2) is 0 Å². The van der Waals surface area contributed by atoms with Gasteiger partial charge in [0.1, 0.15) is 0 Å². The fourth-order valence-corrected chi connectivity index (χ4v) is 4.55. The maximum Gasteiger partial charge on any atom is 0.252 e. The Balaban J connectivity index is 1.31. The van der Waals surface area contributed by atoms with Gasteiger partial charge < -0.3 is 15.1 Å². The zero-order valence-electron chi connectivity index (χ0n) is 19.1. The minimum absolute atomic E-state index is 0.0265. The van der Waals surface area contributed by atoms with E-state index in [4.69, 9.17) is 0 Å². The molecule has 1 saturated carbocycles. The molecule has 4 heteroatoms. The Morgan fingerprint density at radius 3 is 2.22 bits per heavy atom. The molecule has 3 aromatic carbocycles. The fourth-order valence-electron chi connectivity index (χ4n) is 4.55. The van der Waals surface area contributed by atoms with Crippen molar-refractivity contribution in [3.8, 4) is 11.1 Å². The summed E-state index contributed by atoms with van der Waals surface area (Å²) in [5.41, 5.74) is 6.30. The summed E-state index contributed by atoms with van der Waals surface area (Å²) in [4.78, 5) is 17.9. The number of amides is 1. The van der Waals surface area contributed by atoms with E-state index in [0.717, 1.165) is 42.7 Å². The van der Waals surface area contributed by atoms with Crippen LogP contribution in [0.4, 0.5) is 5.69 Å². The van der Waals surface area contributed by atoms with Gasteiger partial charge in [0.05, 0.1) is 5.54 Å². The molecular weight excluding hydrogens is 394 g/mol. The van der Waals surface area contributed by atoms with Crippen molar-refractivity contribution < 1.29 is 4.79 Å². The van der Waals surface area contributed by atoms with E-state index in [1.807, 2.05) is 13.0 Å². The van der Waals surface area contributed by atoms with E-state index in [-0.39, 0.29) is 11.4 Å². The second-order valence-corrected chi connectivity index (χ2v) is 9.50. The van der Waals surface area contributed by atoms with E-state index in [1.54, 1.807) is 0 Å². The number of nitrogens with zero attached hydrogens (tertiary/aromatic N) is 2. The molecule has 1 N–H and O–H groups in total. The molecule has 0 atom stereocenters. The molecular formula is C28H31N3O. The van der Waals surface area contributed by atoms with Crippen LogP contribution in [0.25, 0.3) is 11.1 Å². The Labute approximate surface area is 190 Å². The van der Waals surface area contributed by atoms with E-state index in [0.29, 0.717) is 6.04 Å². The predicted molar refractivity (Wildman–Crippen MR) is 131 cm³/mol. The quantitative estimate of drug-likeness (QED) is 0.614. The highest BCUT2D eigenvalue weighted by atomic mass is 16.1. The van der Waals surface area contributed by atoms with Crippen LogP contribution < -0.4 is 10.2 Å². The topological polar surface area (TPSA) is 35.6 Å². The molecule has 1 amide bonds. The molecule has 0 aromatic heterocycles. The highest BCUT2D eigenvalue weighted by molar-refractivity contribution is 5.97. The molecule has 1 aliphatic heterocycles. The van der Waals surface area contributed by atoms with Crippen LogP contribution in [0.5, 0.6) is 0 Å². The number of rotatable bonds is 6. The lowest BCUT2D eigenvalue weighted by Gasteiger charge is -2.44. The number of likely N-dealkylation sites (N-methyl/N-ethyl adjacent to an activating group) is 1. The van der Waals surface area contributed by atoms with Gasteiger partial charge in [-0.2, -0.15) is 0 Å². The van der Waals surface area contributed by atoms with Gasteiger partial charge in [0.25, 0.3) is 5.91 Å². The van der Waals surface area contributed by atoms with Crippen molar-refractivity contribution in [1.29, 1.82) is 0 Å². The monoisotopic (exact) mass is 425 g/mol. The lowest BCUT2D eigenvalue weighted by Crippen LogP contribution is -2.57. The van der Waals surface area contributed by atoms with Crippen LogP contribution >= 0.6 is 0 Å². The van der Waals surface area contributed by atoms with Gasteiger partial charge in [-0.15, -0.1) is 0 Å². The summed E-state index contributed by atoms with van der Waals surface area (Å²) in [5.74, 6) is 0.0265. The highest BCUT2D eigenvalue weighted by Gasteiger charge is 2.46. The highest BCUT2D eigenvalue weighted by Crippen LogP contribution is 2.46. The van der Waals surface area contributed by atoms with Crippen molar-refractivity contribution in [2.75, 3.05) is 32.1 Å². The third kappa shape index (κ3) is 3.91. The van der Waals surface area contributed by atoms with Crippen molar-refractivity contribution in [3.63, 3.8) is 0 Å². The zero-order chi connectivity index (χ0) is 22.3. The Bertz CT molecular complexity index is 1110. The number of aryl methyl sites for hydroxylation is 1. The van der Waals surface area contributed by atoms with Crippen molar-refractivity contribution in [3.05, 3.63) is 89.5 Å². The Hall–Kier alpha value is -3.11. The second kappa shape index (κ2) is 8.10. The van der Waals surface area contributed by atoms with Crippen LogP contribution in [0.3, 0.4) is 0 Å². The van der Waals surface area contributed by atoms with Crippen molar-refractivity contribution in [2.45, 2.75) is 31.3 Å². The number of benzene rings is 3. The maximum absolute atomic E-state index is 13.3. The first-order valence-electron chi connectivity index (χ1n) is 11.5. The van der Waals surface area contributed by atoms with E-state index in [1.165, 1.54) is 16.7 Å². The molecule has 1 aliphatic carbocycles. The molecule has 2 aliphatic rings. The fraction of sp³-hybridized carbons (Fsp3) is 0.321. The Kier molecular flexibility index (Phi) is 5.26. The third-order valence-corrected chi connectivity index (χ3v) is 7.07. The molecule has 0 radical (unpaired) electrons. The van der Waals surface area contributed by atoms with E-state index >= 15 is 0 Å². The number of carbonyl (C=O) groups excluding carboxylic acids is 1. The molecule has 4 nitrogen and oxygen atoms in total. The second-order valence-electron chi connectivity index (χ2n) is 9.50.